The van der Waals surface area contributed by atoms with E-state index in [1.807, 2.05) is 30.3 Å². The Morgan fingerprint density at radius 1 is 0.913 bits per heavy atom. The lowest BCUT2D eigenvalue weighted by molar-refractivity contribution is 0.00578. The molecule has 1 fully saturated rings. The van der Waals surface area contributed by atoms with E-state index in [1.54, 1.807) is 0 Å². The van der Waals surface area contributed by atoms with Gasteiger partial charge in [0, 0.05) is 10.8 Å². The number of hydrogen-bond donors (Lipinski definition) is 0. The van der Waals surface area contributed by atoms with E-state index in [1.165, 1.54) is 0 Å². The molecule has 1 aromatic heterocycles. The number of halogens is 1. The molecule has 1 aliphatic heterocycles. The minimum atomic E-state index is -0.392. The molecule has 0 atom stereocenters. The van der Waals surface area contributed by atoms with Crippen LogP contribution in [0.3, 0.4) is 0 Å². The van der Waals surface area contributed by atoms with Gasteiger partial charge in [-0.1, -0.05) is 29.8 Å². The molecule has 0 saturated carbocycles. The first-order valence-corrected chi connectivity index (χ1v) is 8.13. The molecular weight excluding hydrogens is 310 g/mol. The van der Waals surface area contributed by atoms with Crippen LogP contribution in [0.25, 0.3) is 21.9 Å². The zero-order chi connectivity index (χ0) is 16.4. The van der Waals surface area contributed by atoms with Gasteiger partial charge in [-0.25, -0.2) is 0 Å². The summed E-state index contributed by atoms with van der Waals surface area (Å²) in [5.41, 5.74) is 1.86. The van der Waals surface area contributed by atoms with E-state index in [4.69, 9.17) is 25.3 Å². The van der Waals surface area contributed by atoms with Crippen molar-refractivity contribution in [1.82, 2.24) is 0 Å². The van der Waals surface area contributed by atoms with Crippen molar-refractivity contribution in [1.29, 1.82) is 0 Å². The van der Waals surface area contributed by atoms with Crippen LogP contribution in [0.5, 0.6) is 0 Å². The third-order valence-electron chi connectivity index (χ3n) is 4.99. The van der Waals surface area contributed by atoms with Gasteiger partial charge < -0.3 is 13.7 Å². The molecule has 0 spiro atoms. The summed E-state index contributed by atoms with van der Waals surface area (Å²) in [7, 11) is -0.392. The predicted molar refractivity (Wildman–Crippen MR) is 94.4 cm³/mol. The summed E-state index contributed by atoms with van der Waals surface area (Å²) >= 11 is 6.36. The lowest BCUT2D eigenvalue weighted by Crippen LogP contribution is -2.41. The second kappa shape index (κ2) is 4.76. The molecule has 0 bridgehead atoms. The maximum Gasteiger partial charge on any atom is 0.494 e. The van der Waals surface area contributed by atoms with Crippen LogP contribution >= 0.6 is 11.6 Å². The highest BCUT2D eigenvalue weighted by molar-refractivity contribution is 6.62. The van der Waals surface area contributed by atoms with Gasteiger partial charge in [-0.3, -0.25) is 0 Å². The number of rotatable bonds is 1. The van der Waals surface area contributed by atoms with Crippen LogP contribution in [-0.4, -0.2) is 18.3 Å². The zero-order valence-corrected chi connectivity index (χ0v) is 14.4. The highest BCUT2D eigenvalue weighted by Gasteiger charge is 2.51. The molecule has 4 rings (SSSR count). The summed E-state index contributed by atoms with van der Waals surface area (Å²) < 4.78 is 18.1. The Morgan fingerprint density at radius 3 is 2.30 bits per heavy atom. The molecule has 1 aliphatic rings. The molecule has 0 radical (unpaired) electrons. The van der Waals surface area contributed by atoms with Crippen LogP contribution in [0, 0.1) is 0 Å². The summed E-state index contributed by atoms with van der Waals surface area (Å²) in [4.78, 5) is 0. The monoisotopic (exact) mass is 328 g/mol. The lowest BCUT2D eigenvalue weighted by atomic mass is 9.78. The van der Waals surface area contributed by atoms with Crippen molar-refractivity contribution in [2.45, 2.75) is 38.9 Å². The molecule has 5 heteroatoms. The van der Waals surface area contributed by atoms with E-state index < -0.39 is 7.12 Å². The van der Waals surface area contributed by atoms with E-state index in [-0.39, 0.29) is 11.2 Å². The Labute approximate surface area is 140 Å². The molecule has 3 nitrogen and oxygen atoms in total. The third kappa shape index (κ3) is 2.20. The second-order valence-corrected chi connectivity index (χ2v) is 7.47. The maximum atomic E-state index is 6.36. The molecule has 0 unspecified atom stereocenters. The van der Waals surface area contributed by atoms with Gasteiger partial charge in [-0.15, -0.1) is 0 Å². The number of benzene rings is 2. The minimum absolute atomic E-state index is 0.358. The fourth-order valence-corrected chi connectivity index (χ4v) is 3.19. The first kappa shape index (κ1) is 15.1. The van der Waals surface area contributed by atoms with Crippen molar-refractivity contribution in [3.05, 3.63) is 41.4 Å². The zero-order valence-electron chi connectivity index (χ0n) is 13.6. The maximum absolute atomic E-state index is 6.36. The lowest BCUT2D eigenvalue weighted by Gasteiger charge is -2.32. The number of furan rings is 1. The van der Waals surface area contributed by atoms with Crippen LogP contribution < -0.4 is 5.46 Å². The predicted octanol–water partition coefficient (Wildman–Crippen LogP) is 4.54. The SMILES string of the molecule is CC1(C)OB(c2ccc3oc4cccc(Cl)c4c3c2)OC1(C)C. The average molecular weight is 329 g/mol. The van der Waals surface area contributed by atoms with Gasteiger partial charge in [0.25, 0.3) is 0 Å². The average Bonchev–Trinajstić information content (AvgIpc) is 2.93. The van der Waals surface area contributed by atoms with Gasteiger partial charge in [0.05, 0.1) is 16.2 Å². The van der Waals surface area contributed by atoms with E-state index >= 15 is 0 Å². The van der Waals surface area contributed by atoms with Crippen LogP contribution in [0.4, 0.5) is 0 Å². The topological polar surface area (TPSA) is 31.6 Å². The Hall–Kier alpha value is -1.49. The van der Waals surface area contributed by atoms with Crippen molar-refractivity contribution in [2.24, 2.45) is 0 Å². The van der Waals surface area contributed by atoms with Crippen molar-refractivity contribution < 1.29 is 13.7 Å². The smallest absolute Gasteiger partial charge is 0.456 e. The minimum Gasteiger partial charge on any atom is -0.456 e. The van der Waals surface area contributed by atoms with Crippen LogP contribution in [0.2, 0.25) is 5.02 Å². The normalized spacial score (nSPS) is 19.8. The quantitative estimate of drug-likeness (QED) is 0.615. The van der Waals surface area contributed by atoms with Crippen LogP contribution in [0.15, 0.2) is 40.8 Å². The summed E-state index contributed by atoms with van der Waals surface area (Å²) in [5.74, 6) is 0. The summed E-state index contributed by atoms with van der Waals surface area (Å²) in [6.07, 6.45) is 0. The fourth-order valence-electron chi connectivity index (χ4n) is 2.93. The molecular formula is C18H18BClO3. The number of hydrogen-bond acceptors (Lipinski definition) is 3. The molecule has 0 amide bonds. The van der Waals surface area contributed by atoms with Crippen molar-refractivity contribution in [3.8, 4) is 0 Å². The summed E-state index contributed by atoms with van der Waals surface area (Å²) in [5, 5.41) is 2.60. The molecule has 23 heavy (non-hydrogen) atoms. The molecule has 1 saturated heterocycles. The molecule has 0 N–H and O–H groups in total. The number of fused-ring (bicyclic) bond motifs is 3. The standard InChI is InChI=1S/C18H18BClO3/c1-17(2)18(3,4)23-19(22-17)11-8-9-14-12(10-11)16-13(20)6-5-7-15(16)21-14/h5-10H,1-4H3. The van der Waals surface area contributed by atoms with Crippen LogP contribution in [-0.2, 0) is 9.31 Å². The molecule has 118 valence electrons. The van der Waals surface area contributed by atoms with Crippen molar-refractivity contribution >= 4 is 46.1 Å². The summed E-state index contributed by atoms with van der Waals surface area (Å²) in [6, 6.07) is 11.7. The van der Waals surface area contributed by atoms with Gasteiger partial charge in [0.2, 0.25) is 0 Å². The Kier molecular flexibility index (Phi) is 3.12. The van der Waals surface area contributed by atoms with E-state index in [2.05, 4.69) is 33.8 Å². The largest absolute Gasteiger partial charge is 0.494 e. The molecule has 3 aromatic rings. The highest BCUT2D eigenvalue weighted by atomic mass is 35.5. The summed E-state index contributed by atoms with van der Waals surface area (Å²) in [6.45, 7) is 8.20. The van der Waals surface area contributed by atoms with Gasteiger partial charge in [0.1, 0.15) is 11.2 Å². The van der Waals surface area contributed by atoms with Crippen LogP contribution in [0.1, 0.15) is 27.7 Å². The third-order valence-corrected chi connectivity index (χ3v) is 5.31. The molecule has 0 aliphatic carbocycles. The van der Waals surface area contributed by atoms with Gasteiger partial charge in [0.15, 0.2) is 0 Å². The van der Waals surface area contributed by atoms with Crippen molar-refractivity contribution in [3.63, 3.8) is 0 Å². The highest BCUT2D eigenvalue weighted by Crippen LogP contribution is 2.37. The molecule has 2 heterocycles. The van der Waals surface area contributed by atoms with E-state index in [0.29, 0.717) is 5.02 Å². The second-order valence-electron chi connectivity index (χ2n) is 7.06. The fraction of sp³-hybridized carbons (Fsp3) is 0.333. The van der Waals surface area contributed by atoms with E-state index in [0.717, 1.165) is 27.4 Å². The first-order chi connectivity index (χ1) is 10.8. The van der Waals surface area contributed by atoms with Gasteiger partial charge in [-0.2, -0.15) is 0 Å². The first-order valence-electron chi connectivity index (χ1n) is 7.75. The Morgan fingerprint density at radius 2 is 1.61 bits per heavy atom. The van der Waals surface area contributed by atoms with Gasteiger partial charge in [-0.05, 0) is 51.4 Å². The molecule has 2 aromatic carbocycles. The van der Waals surface area contributed by atoms with Gasteiger partial charge >= 0.3 is 7.12 Å². The Bertz CT molecular complexity index is 897. The van der Waals surface area contributed by atoms with E-state index in [9.17, 15) is 0 Å². The van der Waals surface area contributed by atoms with Crippen molar-refractivity contribution in [2.75, 3.05) is 0 Å². The Balaban J connectivity index is 1.85.